The molecule has 0 aliphatic carbocycles. The van der Waals surface area contributed by atoms with E-state index in [2.05, 4.69) is 38.6 Å². The fourth-order valence-electron chi connectivity index (χ4n) is 1.16. The maximum Gasteiger partial charge on any atom is 0.210 e. The van der Waals surface area contributed by atoms with Crippen molar-refractivity contribution in [3.63, 3.8) is 0 Å². The summed E-state index contributed by atoms with van der Waals surface area (Å²) >= 11 is 3.45. The highest BCUT2D eigenvalue weighted by Crippen LogP contribution is 2.20. The summed E-state index contributed by atoms with van der Waals surface area (Å²) in [6.45, 7) is 2.90. The molecule has 0 aliphatic rings. The summed E-state index contributed by atoms with van der Waals surface area (Å²) in [5.74, 6) is 5.98. The summed E-state index contributed by atoms with van der Waals surface area (Å²) in [6, 6.07) is 7.82. The van der Waals surface area contributed by atoms with Crippen LogP contribution in [0.4, 0.5) is 5.69 Å². The number of para-hydroxylation sites is 1. The number of nitrogens with zero attached hydrogens (tertiary/aromatic N) is 1. The van der Waals surface area contributed by atoms with E-state index in [4.69, 9.17) is 5.84 Å². The van der Waals surface area contributed by atoms with Gasteiger partial charge in [-0.25, -0.2) is 5.84 Å². The minimum atomic E-state index is 0.584. The van der Waals surface area contributed by atoms with Crippen molar-refractivity contribution in [1.82, 2.24) is 5.43 Å². The lowest BCUT2D eigenvalue weighted by molar-refractivity contribution is 0.801. The monoisotopic (exact) mass is 284 g/mol. The van der Waals surface area contributed by atoms with Gasteiger partial charge in [-0.05, 0) is 34.5 Å². The van der Waals surface area contributed by atoms with Crippen LogP contribution in [0.1, 0.15) is 19.8 Å². The first-order valence-electron chi connectivity index (χ1n) is 5.30. The van der Waals surface area contributed by atoms with Gasteiger partial charge in [0, 0.05) is 11.0 Å². The number of nitrogens with two attached hydrogens (primary N) is 1. The summed E-state index contributed by atoms with van der Waals surface area (Å²) < 4.78 is 0.980. The Morgan fingerprint density at radius 2 is 2.19 bits per heavy atom. The molecule has 0 radical (unpaired) electrons. The molecule has 0 bridgehead atoms. The molecule has 0 unspecified atom stereocenters. The van der Waals surface area contributed by atoms with E-state index >= 15 is 0 Å². The van der Waals surface area contributed by atoms with Gasteiger partial charge in [-0.15, -0.1) is 0 Å². The molecule has 0 spiro atoms. The first-order valence-corrected chi connectivity index (χ1v) is 6.09. The van der Waals surface area contributed by atoms with Gasteiger partial charge in [0.15, 0.2) is 0 Å². The van der Waals surface area contributed by atoms with Crippen LogP contribution in [0.5, 0.6) is 0 Å². The zero-order valence-electron chi connectivity index (χ0n) is 9.33. The predicted molar refractivity (Wildman–Crippen MR) is 72.3 cm³/mol. The zero-order valence-corrected chi connectivity index (χ0v) is 10.9. The van der Waals surface area contributed by atoms with Crippen LogP contribution in [0, 0.1) is 0 Å². The van der Waals surface area contributed by atoms with E-state index < -0.39 is 0 Å². The summed E-state index contributed by atoms with van der Waals surface area (Å²) in [5, 5.41) is 3.12. The molecule has 0 aromatic heterocycles. The molecule has 0 amide bonds. The van der Waals surface area contributed by atoms with E-state index in [1.54, 1.807) is 0 Å². The second-order valence-electron chi connectivity index (χ2n) is 3.33. The molecular weight excluding hydrogens is 268 g/mol. The molecule has 88 valence electrons. The Morgan fingerprint density at radius 1 is 1.44 bits per heavy atom. The van der Waals surface area contributed by atoms with Crippen molar-refractivity contribution in [2.24, 2.45) is 10.8 Å². The molecule has 0 atom stereocenters. The number of rotatable bonds is 4. The van der Waals surface area contributed by atoms with Gasteiger partial charge in [-0.3, -0.25) is 10.4 Å². The fourth-order valence-corrected chi connectivity index (χ4v) is 1.54. The van der Waals surface area contributed by atoms with E-state index in [0.717, 1.165) is 29.5 Å². The molecule has 1 aromatic carbocycles. The third-order valence-corrected chi connectivity index (χ3v) is 2.74. The quantitative estimate of drug-likeness (QED) is 0.262. The zero-order chi connectivity index (χ0) is 11.8. The van der Waals surface area contributed by atoms with Gasteiger partial charge in [-0.1, -0.05) is 25.5 Å². The highest BCUT2D eigenvalue weighted by atomic mass is 79.9. The average Bonchev–Trinajstić information content (AvgIpc) is 2.30. The summed E-state index contributed by atoms with van der Waals surface area (Å²) in [6.07, 6.45) is 2.18. The minimum absolute atomic E-state index is 0.584. The molecule has 5 heteroatoms. The Bertz CT molecular complexity index is 352. The van der Waals surface area contributed by atoms with Crippen molar-refractivity contribution in [3.05, 3.63) is 28.7 Å². The Hall–Kier alpha value is -1.07. The average molecular weight is 285 g/mol. The lowest BCUT2D eigenvalue weighted by Crippen LogP contribution is -2.36. The molecule has 4 nitrogen and oxygen atoms in total. The van der Waals surface area contributed by atoms with Gasteiger partial charge in [-0.2, -0.15) is 0 Å². The number of halogens is 1. The van der Waals surface area contributed by atoms with Crippen molar-refractivity contribution < 1.29 is 0 Å². The lowest BCUT2D eigenvalue weighted by atomic mass is 10.3. The van der Waals surface area contributed by atoms with E-state index in [1.165, 1.54) is 0 Å². The molecule has 1 aromatic rings. The first-order chi connectivity index (χ1) is 7.77. The maximum atomic E-state index is 5.39. The lowest BCUT2D eigenvalue weighted by Gasteiger charge is -2.10. The second-order valence-corrected chi connectivity index (χ2v) is 4.19. The van der Waals surface area contributed by atoms with Crippen LogP contribution in [-0.2, 0) is 0 Å². The number of aliphatic imine (C=N–C) groups is 1. The van der Waals surface area contributed by atoms with Crippen molar-refractivity contribution >= 4 is 27.6 Å². The number of guanidine groups is 1. The summed E-state index contributed by atoms with van der Waals surface area (Å²) in [7, 11) is 0. The topological polar surface area (TPSA) is 62.4 Å². The van der Waals surface area contributed by atoms with E-state index in [9.17, 15) is 0 Å². The third kappa shape index (κ3) is 4.20. The number of hydrogen-bond acceptors (Lipinski definition) is 2. The van der Waals surface area contributed by atoms with Crippen LogP contribution < -0.4 is 16.6 Å². The summed E-state index contributed by atoms with van der Waals surface area (Å²) in [5.41, 5.74) is 3.50. The largest absolute Gasteiger partial charge is 0.324 e. The molecule has 0 saturated heterocycles. The number of benzene rings is 1. The van der Waals surface area contributed by atoms with Crippen LogP contribution in [0.15, 0.2) is 33.7 Å². The number of hydrazine groups is 1. The normalized spacial score (nSPS) is 11.3. The molecule has 1 rings (SSSR count). The molecule has 0 fully saturated rings. The van der Waals surface area contributed by atoms with Crippen LogP contribution in [0.3, 0.4) is 0 Å². The van der Waals surface area contributed by atoms with Crippen LogP contribution >= 0.6 is 15.9 Å². The highest BCUT2D eigenvalue weighted by Gasteiger charge is 2.00. The Morgan fingerprint density at radius 3 is 2.81 bits per heavy atom. The molecule has 0 heterocycles. The number of anilines is 1. The SMILES string of the molecule is CCCCN=C(NN)Nc1ccccc1Br. The number of nitrogens with one attached hydrogen (secondary N) is 2. The second kappa shape index (κ2) is 7.24. The van der Waals surface area contributed by atoms with Crippen molar-refractivity contribution in [2.45, 2.75) is 19.8 Å². The standard InChI is InChI=1S/C11H17BrN4/c1-2-3-8-14-11(16-13)15-10-7-5-4-6-9(10)12/h4-7H,2-3,8,13H2,1H3,(H2,14,15,16). The van der Waals surface area contributed by atoms with Gasteiger partial charge in [0.05, 0.1) is 5.69 Å². The highest BCUT2D eigenvalue weighted by molar-refractivity contribution is 9.10. The van der Waals surface area contributed by atoms with Gasteiger partial charge in [0.2, 0.25) is 5.96 Å². The Kier molecular flexibility index (Phi) is 5.88. The Balaban J connectivity index is 2.63. The molecule has 0 aliphatic heterocycles. The van der Waals surface area contributed by atoms with Crippen molar-refractivity contribution in [3.8, 4) is 0 Å². The van der Waals surface area contributed by atoms with Crippen molar-refractivity contribution in [1.29, 1.82) is 0 Å². The van der Waals surface area contributed by atoms with Gasteiger partial charge < -0.3 is 5.32 Å². The minimum Gasteiger partial charge on any atom is -0.324 e. The molecule has 4 N–H and O–H groups in total. The Labute approximate surface area is 104 Å². The fraction of sp³-hybridized carbons (Fsp3) is 0.364. The first kappa shape index (κ1) is 13.0. The molecule has 0 saturated carbocycles. The van der Waals surface area contributed by atoms with Crippen LogP contribution in [0.25, 0.3) is 0 Å². The smallest absolute Gasteiger partial charge is 0.210 e. The van der Waals surface area contributed by atoms with E-state index in [-0.39, 0.29) is 0 Å². The van der Waals surface area contributed by atoms with Gasteiger partial charge in [0.25, 0.3) is 0 Å². The molecule has 16 heavy (non-hydrogen) atoms. The maximum absolute atomic E-state index is 5.39. The third-order valence-electron chi connectivity index (χ3n) is 2.05. The van der Waals surface area contributed by atoms with E-state index in [1.807, 2.05) is 24.3 Å². The van der Waals surface area contributed by atoms with Gasteiger partial charge in [0.1, 0.15) is 0 Å². The number of hydrogen-bond donors (Lipinski definition) is 3. The van der Waals surface area contributed by atoms with Crippen LogP contribution in [0.2, 0.25) is 0 Å². The van der Waals surface area contributed by atoms with E-state index in [0.29, 0.717) is 5.96 Å². The molecular formula is C11H17BrN4. The summed E-state index contributed by atoms with van der Waals surface area (Å²) in [4.78, 5) is 4.32. The van der Waals surface area contributed by atoms with Gasteiger partial charge >= 0.3 is 0 Å². The van der Waals surface area contributed by atoms with Crippen molar-refractivity contribution in [2.75, 3.05) is 11.9 Å². The number of unbranched alkanes of at least 4 members (excludes halogenated alkanes) is 1. The van der Waals surface area contributed by atoms with Crippen LogP contribution in [-0.4, -0.2) is 12.5 Å². The predicted octanol–water partition coefficient (Wildman–Crippen LogP) is 2.48.